The zero-order valence-electron chi connectivity index (χ0n) is 11.2. The molecule has 110 valence electrons. The van der Waals surface area contributed by atoms with E-state index >= 15 is 0 Å². The van der Waals surface area contributed by atoms with E-state index in [1.54, 1.807) is 15.9 Å². The van der Waals surface area contributed by atoms with Crippen LogP contribution in [0.4, 0.5) is 8.78 Å². The number of hydrogen-bond acceptors (Lipinski definition) is 3. The minimum atomic E-state index is -0.883. The molecule has 3 aromatic rings. The Morgan fingerprint density at radius 2 is 2.10 bits per heavy atom. The van der Waals surface area contributed by atoms with Gasteiger partial charge in [-0.05, 0) is 19.1 Å². The van der Waals surface area contributed by atoms with Crippen LogP contribution in [-0.2, 0) is 18.8 Å². The fourth-order valence-corrected chi connectivity index (χ4v) is 3.15. The Morgan fingerprint density at radius 1 is 1.29 bits per heavy atom. The van der Waals surface area contributed by atoms with Crippen LogP contribution in [0, 0.1) is 18.6 Å². The summed E-state index contributed by atoms with van der Waals surface area (Å²) in [6, 6.07) is 2.55. The van der Waals surface area contributed by atoms with Crippen molar-refractivity contribution in [2.24, 2.45) is 0 Å². The molecule has 0 bridgehead atoms. The molecular formula is C14H12ClF2N3S. The Balaban J connectivity index is 2.01. The highest BCUT2D eigenvalue weighted by Crippen LogP contribution is 2.23. The van der Waals surface area contributed by atoms with Gasteiger partial charge in [-0.1, -0.05) is 0 Å². The summed E-state index contributed by atoms with van der Waals surface area (Å²) in [5.74, 6) is -1.09. The minimum Gasteiger partial charge on any atom is -0.324 e. The molecule has 0 radical (unpaired) electrons. The van der Waals surface area contributed by atoms with E-state index in [1.165, 1.54) is 6.07 Å². The molecule has 7 heteroatoms. The van der Waals surface area contributed by atoms with Crippen molar-refractivity contribution in [3.8, 4) is 0 Å². The summed E-state index contributed by atoms with van der Waals surface area (Å²) in [5, 5.41) is 2.95. The first-order valence-electron chi connectivity index (χ1n) is 6.40. The maximum absolute atomic E-state index is 14.0. The van der Waals surface area contributed by atoms with E-state index in [2.05, 4.69) is 9.97 Å². The highest BCUT2D eigenvalue weighted by Gasteiger charge is 2.17. The normalized spacial score (nSPS) is 11.4. The van der Waals surface area contributed by atoms with Gasteiger partial charge < -0.3 is 4.57 Å². The minimum absolute atomic E-state index is 0.145. The van der Waals surface area contributed by atoms with Gasteiger partial charge in [0, 0.05) is 18.3 Å². The molecule has 21 heavy (non-hydrogen) atoms. The van der Waals surface area contributed by atoms with Gasteiger partial charge in [0.05, 0.1) is 22.1 Å². The van der Waals surface area contributed by atoms with Crippen LogP contribution in [0.25, 0.3) is 11.0 Å². The number of nitrogens with zero attached hydrogens (tertiary/aromatic N) is 3. The second-order valence-electron chi connectivity index (χ2n) is 4.65. The lowest BCUT2D eigenvalue weighted by atomic mass is 10.2. The third-order valence-corrected chi connectivity index (χ3v) is 4.32. The van der Waals surface area contributed by atoms with Crippen molar-refractivity contribution in [1.82, 2.24) is 14.5 Å². The third-order valence-electron chi connectivity index (χ3n) is 3.26. The van der Waals surface area contributed by atoms with Crippen LogP contribution in [-0.4, -0.2) is 14.5 Å². The molecule has 2 aromatic heterocycles. The van der Waals surface area contributed by atoms with Gasteiger partial charge in [-0.25, -0.2) is 18.7 Å². The number of benzene rings is 1. The highest BCUT2D eigenvalue weighted by atomic mass is 35.5. The van der Waals surface area contributed by atoms with Crippen molar-refractivity contribution in [1.29, 1.82) is 0 Å². The number of aromatic nitrogens is 3. The van der Waals surface area contributed by atoms with Crippen LogP contribution in [0.15, 0.2) is 17.5 Å². The summed E-state index contributed by atoms with van der Waals surface area (Å²) < 4.78 is 29.1. The molecule has 0 amide bonds. The van der Waals surface area contributed by atoms with Gasteiger partial charge in [-0.15, -0.1) is 22.9 Å². The Morgan fingerprint density at radius 3 is 2.76 bits per heavy atom. The maximum atomic E-state index is 14.0. The molecule has 0 spiro atoms. The quantitative estimate of drug-likeness (QED) is 0.676. The number of thiazole rings is 1. The van der Waals surface area contributed by atoms with E-state index in [9.17, 15) is 8.78 Å². The molecular weight excluding hydrogens is 316 g/mol. The van der Waals surface area contributed by atoms with Gasteiger partial charge in [0.25, 0.3) is 0 Å². The number of hydrogen-bond donors (Lipinski definition) is 0. The van der Waals surface area contributed by atoms with E-state index < -0.39 is 11.6 Å². The predicted octanol–water partition coefficient (Wildman–Crippen LogP) is 4.06. The molecule has 0 atom stereocenters. The van der Waals surface area contributed by atoms with Crippen LogP contribution in [0.5, 0.6) is 0 Å². The van der Waals surface area contributed by atoms with Crippen LogP contribution in [0.2, 0.25) is 0 Å². The Hall–Kier alpha value is -1.53. The van der Waals surface area contributed by atoms with Crippen LogP contribution in [0.3, 0.4) is 0 Å². The fourth-order valence-electron chi connectivity index (χ4n) is 2.30. The standard InChI is InChI=1S/C14H12ClF2N3S/c1-8-18-9(7-21-8)4-5-20-12(6-15)19-11-3-2-10(16)13(17)14(11)20/h2-3,7H,4-6H2,1H3. The maximum Gasteiger partial charge on any atom is 0.184 e. The molecule has 0 fully saturated rings. The first kappa shape index (κ1) is 14.4. The van der Waals surface area contributed by atoms with E-state index in [4.69, 9.17) is 11.6 Å². The molecule has 0 aliphatic rings. The van der Waals surface area contributed by atoms with Gasteiger partial charge in [0.15, 0.2) is 11.6 Å². The monoisotopic (exact) mass is 327 g/mol. The van der Waals surface area contributed by atoms with Gasteiger partial charge in [0.1, 0.15) is 11.3 Å². The molecule has 1 aromatic carbocycles. The van der Waals surface area contributed by atoms with Crippen LogP contribution >= 0.6 is 22.9 Å². The summed E-state index contributed by atoms with van der Waals surface area (Å²) in [6.07, 6.45) is 0.621. The second-order valence-corrected chi connectivity index (χ2v) is 5.98. The predicted molar refractivity (Wildman–Crippen MR) is 79.8 cm³/mol. The van der Waals surface area contributed by atoms with Crippen molar-refractivity contribution < 1.29 is 8.78 Å². The topological polar surface area (TPSA) is 30.7 Å². The Bertz CT molecular complexity index is 797. The zero-order valence-corrected chi connectivity index (χ0v) is 12.8. The van der Waals surface area contributed by atoms with Crippen molar-refractivity contribution in [3.05, 3.63) is 45.7 Å². The van der Waals surface area contributed by atoms with Gasteiger partial charge in [0.2, 0.25) is 0 Å². The zero-order chi connectivity index (χ0) is 15.0. The molecule has 0 aliphatic carbocycles. The number of fused-ring (bicyclic) bond motifs is 1. The summed E-state index contributed by atoms with van der Waals surface area (Å²) in [7, 11) is 0. The van der Waals surface area contributed by atoms with Crippen molar-refractivity contribution in [3.63, 3.8) is 0 Å². The molecule has 0 saturated heterocycles. The number of rotatable bonds is 4. The molecule has 3 rings (SSSR count). The van der Waals surface area contributed by atoms with Crippen molar-refractivity contribution in [2.75, 3.05) is 0 Å². The number of aryl methyl sites for hydroxylation is 3. The SMILES string of the molecule is Cc1nc(CCn2c(CCl)nc3ccc(F)c(F)c32)cs1. The fraction of sp³-hybridized carbons (Fsp3) is 0.286. The number of alkyl halides is 1. The Kier molecular flexibility index (Phi) is 3.91. The third kappa shape index (κ3) is 2.65. The average Bonchev–Trinajstić information content (AvgIpc) is 3.04. The van der Waals surface area contributed by atoms with Gasteiger partial charge in [-0.2, -0.15) is 0 Å². The van der Waals surface area contributed by atoms with Crippen molar-refractivity contribution >= 4 is 34.0 Å². The van der Waals surface area contributed by atoms with Crippen molar-refractivity contribution in [2.45, 2.75) is 25.8 Å². The second kappa shape index (κ2) is 5.69. The smallest absolute Gasteiger partial charge is 0.184 e. The van der Waals surface area contributed by atoms with Gasteiger partial charge >= 0.3 is 0 Å². The average molecular weight is 328 g/mol. The van der Waals surface area contributed by atoms with Gasteiger partial charge in [-0.3, -0.25) is 0 Å². The summed E-state index contributed by atoms with van der Waals surface area (Å²) >= 11 is 7.43. The van der Waals surface area contributed by atoms with E-state index in [-0.39, 0.29) is 11.4 Å². The molecule has 0 aliphatic heterocycles. The molecule has 3 nitrogen and oxygen atoms in total. The molecule has 0 unspecified atom stereocenters. The lowest BCUT2D eigenvalue weighted by molar-refractivity contribution is 0.510. The van der Waals surface area contributed by atoms with E-state index in [0.717, 1.165) is 16.8 Å². The summed E-state index contributed by atoms with van der Waals surface area (Å²) in [5.41, 5.74) is 1.51. The summed E-state index contributed by atoms with van der Waals surface area (Å²) in [4.78, 5) is 8.63. The number of imidazole rings is 1. The lowest BCUT2D eigenvalue weighted by Gasteiger charge is -2.07. The van der Waals surface area contributed by atoms with E-state index in [1.807, 2.05) is 12.3 Å². The largest absolute Gasteiger partial charge is 0.324 e. The Labute approximate surface area is 129 Å². The first-order chi connectivity index (χ1) is 10.1. The molecule has 0 saturated carbocycles. The molecule has 2 heterocycles. The highest BCUT2D eigenvalue weighted by molar-refractivity contribution is 7.09. The van der Waals surface area contributed by atoms with E-state index in [0.29, 0.717) is 24.3 Å². The summed E-state index contributed by atoms with van der Waals surface area (Å²) in [6.45, 7) is 2.39. The number of halogens is 3. The van der Waals surface area contributed by atoms with Crippen LogP contribution in [0.1, 0.15) is 16.5 Å². The lowest BCUT2D eigenvalue weighted by Crippen LogP contribution is -2.06. The first-order valence-corrected chi connectivity index (χ1v) is 7.81. The van der Waals surface area contributed by atoms with Crippen LogP contribution < -0.4 is 0 Å². The molecule has 0 N–H and O–H groups in total.